The van der Waals surface area contributed by atoms with E-state index in [1.165, 1.54) is 100 Å². The highest BCUT2D eigenvalue weighted by Gasteiger charge is 2.24. The van der Waals surface area contributed by atoms with Crippen LogP contribution in [0.2, 0.25) is 0 Å². The molecule has 6 nitrogen and oxygen atoms in total. The number of para-hydroxylation sites is 2. The van der Waals surface area contributed by atoms with Crippen LogP contribution in [0.15, 0.2) is 194 Å². The average molecular weight is 903 g/mol. The molecule has 10 rings (SSSR count). The van der Waals surface area contributed by atoms with Gasteiger partial charge in [-0.25, -0.2) is 0 Å². The van der Waals surface area contributed by atoms with E-state index in [0.29, 0.717) is 13.1 Å². The van der Waals surface area contributed by atoms with E-state index in [0.717, 1.165) is 17.8 Å². The first-order chi connectivity index (χ1) is 33.5. The van der Waals surface area contributed by atoms with Crippen LogP contribution >= 0.6 is 0 Å². The molecular formula is C63H62N6. The summed E-state index contributed by atoms with van der Waals surface area (Å²) >= 11 is 0. The largest absolute Gasteiger partial charge is 0.378 e. The van der Waals surface area contributed by atoms with Gasteiger partial charge >= 0.3 is 0 Å². The average Bonchev–Trinajstić information content (AvgIpc) is 3.81. The van der Waals surface area contributed by atoms with Gasteiger partial charge < -0.3 is 28.7 Å². The smallest absolute Gasteiger partial charge is 0.0539 e. The van der Waals surface area contributed by atoms with Gasteiger partial charge in [-0.15, -0.1) is 0 Å². The van der Waals surface area contributed by atoms with Crippen molar-refractivity contribution in [3.63, 3.8) is 0 Å². The van der Waals surface area contributed by atoms with Crippen molar-refractivity contribution in [1.82, 2.24) is 9.13 Å². The molecule has 0 spiro atoms. The maximum Gasteiger partial charge on any atom is 0.0539 e. The number of hydrogen-bond acceptors (Lipinski definition) is 4. The van der Waals surface area contributed by atoms with E-state index in [9.17, 15) is 0 Å². The first kappa shape index (κ1) is 44.9. The van der Waals surface area contributed by atoms with Crippen molar-refractivity contribution in [2.45, 2.75) is 33.4 Å². The second-order valence-corrected chi connectivity index (χ2v) is 19.0. The summed E-state index contributed by atoms with van der Waals surface area (Å²) in [5.74, 6) is 0. The number of anilines is 6. The standard InChI is InChI=1S/C63H62N6/c1-44-39-46(27-37-58(44)68(52-33-29-50(30-34-52)64(3)4)42-56-54-23-15-17-25-60(54)66(7)62(56)48-19-11-9-12-20-48)41-47-28-38-59(45(2)40-47)69(53-35-31-51(32-36-53)65(5)6)43-57-55-24-16-18-26-61(55)67(8)63(57)49-21-13-10-14-22-49/h9-40H,41-43H2,1-8H3. The third-order valence-electron chi connectivity index (χ3n) is 14.0. The van der Waals surface area contributed by atoms with Crippen LogP contribution in [0.1, 0.15) is 33.4 Å². The van der Waals surface area contributed by atoms with Gasteiger partial charge in [-0.2, -0.15) is 0 Å². The Labute approximate surface area is 408 Å². The Bertz CT molecular complexity index is 3170. The molecule has 0 bridgehead atoms. The number of aryl methyl sites for hydroxylation is 4. The zero-order valence-corrected chi connectivity index (χ0v) is 41.3. The predicted octanol–water partition coefficient (Wildman–Crippen LogP) is 15.0. The lowest BCUT2D eigenvalue weighted by atomic mass is 9.98. The van der Waals surface area contributed by atoms with Crippen molar-refractivity contribution in [2.75, 3.05) is 47.8 Å². The fourth-order valence-corrected chi connectivity index (χ4v) is 10.5. The molecule has 0 aliphatic rings. The fraction of sp³-hybridized carbons (Fsp3) is 0.175. The normalized spacial score (nSPS) is 11.4. The molecular weight excluding hydrogens is 841 g/mol. The zero-order valence-electron chi connectivity index (χ0n) is 41.3. The third-order valence-corrected chi connectivity index (χ3v) is 14.0. The summed E-state index contributed by atoms with van der Waals surface area (Å²) < 4.78 is 4.73. The molecule has 344 valence electrons. The van der Waals surface area contributed by atoms with Gasteiger partial charge in [-0.1, -0.05) is 121 Å². The van der Waals surface area contributed by atoms with Gasteiger partial charge in [-0.05, 0) is 126 Å². The summed E-state index contributed by atoms with van der Waals surface area (Å²) in [6.45, 7) is 5.97. The van der Waals surface area contributed by atoms with Crippen LogP contribution in [-0.2, 0) is 33.6 Å². The highest BCUT2D eigenvalue weighted by atomic mass is 15.2. The summed E-state index contributed by atoms with van der Waals surface area (Å²) in [4.78, 5) is 9.33. The Balaban J connectivity index is 1.000. The van der Waals surface area contributed by atoms with E-state index < -0.39 is 0 Å². The van der Waals surface area contributed by atoms with Gasteiger partial charge in [-0.3, -0.25) is 0 Å². The van der Waals surface area contributed by atoms with Gasteiger partial charge in [0.1, 0.15) is 0 Å². The Morgan fingerprint density at radius 3 is 1.09 bits per heavy atom. The SMILES string of the molecule is Cc1cc(Cc2ccc(N(Cc3c(-c4ccccc4)n(C)c4ccccc34)c3ccc(N(C)C)cc3)c(C)c2)ccc1N(Cc1c(-c2ccccc2)n(C)c2ccccc12)c1ccc(N(C)C)cc1. The molecule has 8 aromatic carbocycles. The summed E-state index contributed by atoms with van der Waals surface area (Å²) in [5.41, 5.74) is 22.2. The number of aromatic nitrogens is 2. The van der Waals surface area contributed by atoms with Gasteiger partial charge in [0.2, 0.25) is 0 Å². The van der Waals surface area contributed by atoms with E-state index in [-0.39, 0.29) is 0 Å². The van der Waals surface area contributed by atoms with Crippen LogP contribution < -0.4 is 19.6 Å². The van der Waals surface area contributed by atoms with Crippen LogP contribution in [0.5, 0.6) is 0 Å². The molecule has 10 aromatic rings. The molecule has 0 unspecified atom stereocenters. The predicted molar refractivity (Wildman–Crippen MR) is 295 cm³/mol. The molecule has 2 aromatic heterocycles. The molecule has 0 saturated heterocycles. The maximum atomic E-state index is 2.50. The number of fused-ring (bicyclic) bond motifs is 2. The van der Waals surface area contributed by atoms with Crippen molar-refractivity contribution in [3.8, 4) is 22.5 Å². The lowest BCUT2D eigenvalue weighted by Gasteiger charge is -2.29. The molecule has 2 heterocycles. The lowest BCUT2D eigenvalue weighted by Crippen LogP contribution is -2.19. The number of benzene rings is 8. The van der Waals surface area contributed by atoms with Gasteiger partial charge in [0.05, 0.1) is 24.5 Å². The monoisotopic (exact) mass is 903 g/mol. The minimum absolute atomic E-state index is 0.716. The molecule has 0 fully saturated rings. The van der Waals surface area contributed by atoms with Crippen LogP contribution in [0.4, 0.5) is 34.1 Å². The van der Waals surface area contributed by atoms with Crippen molar-refractivity contribution in [1.29, 1.82) is 0 Å². The van der Waals surface area contributed by atoms with Crippen LogP contribution in [0, 0.1) is 13.8 Å². The second-order valence-electron chi connectivity index (χ2n) is 19.0. The molecule has 0 atom stereocenters. The van der Waals surface area contributed by atoms with E-state index in [2.05, 4.69) is 279 Å². The zero-order chi connectivity index (χ0) is 47.8. The fourth-order valence-electron chi connectivity index (χ4n) is 10.5. The van der Waals surface area contributed by atoms with Crippen molar-refractivity contribution >= 4 is 55.9 Å². The van der Waals surface area contributed by atoms with Crippen molar-refractivity contribution in [3.05, 3.63) is 228 Å². The van der Waals surface area contributed by atoms with Gasteiger partial charge in [0, 0.05) is 109 Å². The molecule has 0 aliphatic heterocycles. The van der Waals surface area contributed by atoms with Crippen LogP contribution in [0.25, 0.3) is 44.3 Å². The minimum Gasteiger partial charge on any atom is -0.378 e. The maximum absolute atomic E-state index is 2.50. The number of nitrogens with zero attached hydrogens (tertiary/aromatic N) is 6. The van der Waals surface area contributed by atoms with Gasteiger partial charge in [0.25, 0.3) is 0 Å². The molecule has 69 heavy (non-hydrogen) atoms. The van der Waals surface area contributed by atoms with Crippen molar-refractivity contribution < 1.29 is 0 Å². The van der Waals surface area contributed by atoms with E-state index in [4.69, 9.17) is 0 Å². The third kappa shape index (κ3) is 8.75. The number of rotatable bonds is 14. The highest BCUT2D eigenvalue weighted by molar-refractivity contribution is 5.94. The first-order valence-electron chi connectivity index (χ1n) is 24.1. The Hall–Kier alpha value is -7.96. The summed E-state index contributed by atoms with van der Waals surface area (Å²) in [5, 5.41) is 2.56. The Morgan fingerprint density at radius 1 is 0.377 bits per heavy atom. The quantitative estimate of drug-likeness (QED) is 0.108. The minimum atomic E-state index is 0.716. The van der Waals surface area contributed by atoms with E-state index in [1.54, 1.807) is 0 Å². The summed E-state index contributed by atoms with van der Waals surface area (Å²) in [6.07, 6.45) is 0.834. The molecule has 0 saturated carbocycles. The van der Waals surface area contributed by atoms with Crippen LogP contribution in [0.3, 0.4) is 0 Å². The molecule has 0 N–H and O–H groups in total. The van der Waals surface area contributed by atoms with Crippen molar-refractivity contribution in [2.24, 2.45) is 14.1 Å². The van der Waals surface area contributed by atoms with Crippen LogP contribution in [-0.4, -0.2) is 37.3 Å². The first-order valence-corrected chi connectivity index (χ1v) is 24.1. The molecule has 0 radical (unpaired) electrons. The number of hydrogen-bond donors (Lipinski definition) is 0. The topological polar surface area (TPSA) is 22.8 Å². The van der Waals surface area contributed by atoms with Gasteiger partial charge in [0.15, 0.2) is 0 Å². The Kier molecular flexibility index (Phi) is 12.3. The molecule has 0 aliphatic carbocycles. The summed E-state index contributed by atoms with van der Waals surface area (Å²) in [6, 6.07) is 71.4. The highest BCUT2D eigenvalue weighted by Crippen LogP contribution is 2.41. The lowest BCUT2D eigenvalue weighted by molar-refractivity contribution is 0.935. The van der Waals surface area contributed by atoms with E-state index in [1.807, 2.05) is 0 Å². The molecule has 0 amide bonds. The Morgan fingerprint density at radius 2 is 0.725 bits per heavy atom. The second kappa shape index (κ2) is 19.0. The molecule has 6 heteroatoms. The van der Waals surface area contributed by atoms with E-state index >= 15 is 0 Å². The summed E-state index contributed by atoms with van der Waals surface area (Å²) in [7, 11) is 12.8.